The highest BCUT2D eigenvalue weighted by atomic mass is 16.1. The van der Waals surface area contributed by atoms with Gasteiger partial charge in [0.05, 0.1) is 0 Å². The lowest BCUT2D eigenvalue weighted by molar-refractivity contribution is 0.101. The van der Waals surface area contributed by atoms with E-state index in [1.54, 1.807) is 6.92 Å². The maximum atomic E-state index is 11.3. The number of hydrogen-bond donors (Lipinski definition) is 1. The van der Waals surface area contributed by atoms with Crippen LogP contribution in [0.25, 0.3) is 0 Å². The van der Waals surface area contributed by atoms with Crippen LogP contribution in [-0.4, -0.2) is 26.4 Å². The van der Waals surface area contributed by atoms with Crippen molar-refractivity contribution >= 4 is 5.78 Å². The van der Waals surface area contributed by atoms with Crippen LogP contribution in [0.5, 0.6) is 0 Å². The van der Waals surface area contributed by atoms with Crippen molar-refractivity contribution in [2.45, 2.75) is 33.4 Å². The number of carbonyl (C=O) groups excluding carboxylic acids is 1. The van der Waals surface area contributed by atoms with Crippen LogP contribution in [0.1, 0.15) is 35.2 Å². The first kappa shape index (κ1) is 14.5. The fourth-order valence-electron chi connectivity index (χ4n) is 2.21. The molecular formula is C15H22N4O. The molecule has 0 unspecified atom stereocenters. The van der Waals surface area contributed by atoms with Crippen LogP contribution in [0.4, 0.5) is 0 Å². The number of nitrogens with one attached hydrogen (secondary N) is 1. The summed E-state index contributed by atoms with van der Waals surface area (Å²) in [5.41, 5.74) is 1.91. The Morgan fingerprint density at radius 3 is 2.85 bits per heavy atom. The summed E-state index contributed by atoms with van der Waals surface area (Å²) in [7, 11) is 1.97. The first-order valence-electron chi connectivity index (χ1n) is 6.92. The minimum absolute atomic E-state index is 0.113. The Morgan fingerprint density at radius 2 is 2.25 bits per heavy atom. The molecule has 0 bridgehead atoms. The predicted octanol–water partition coefficient (Wildman–Crippen LogP) is 1.91. The second-order valence-electron chi connectivity index (χ2n) is 5.09. The lowest BCUT2D eigenvalue weighted by Gasteiger charge is -2.07. The molecule has 0 aromatic carbocycles. The van der Waals surface area contributed by atoms with Gasteiger partial charge in [0.25, 0.3) is 0 Å². The van der Waals surface area contributed by atoms with Gasteiger partial charge in [0.15, 0.2) is 5.78 Å². The monoisotopic (exact) mass is 274 g/mol. The average Bonchev–Trinajstić information content (AvgIpc) is 2.96. The maximum Gasteiger partial charge on any atom is 0.161 e. The van der Waals surface area contributed by atoms with E-state index in [1.807, 2.05) is 43.2 Å². The molecule has 0 aliphatic rings. The molecule has 2 aromatic rings. The highest BCUT2D eigenvalue weighted by Crippen LogP contribution is 2.07. The number of rotatable bonds is 7. The smallest absolute Gasteiger partial charge is 0.161 e. The Bertz CT molecular complexity index is 582. The molecule has 108 valence electrons. The zero-order valence-corrected chi connectivity index (χ0v) is 12.4. The molecule has 0 saturated carbocycles. The van der Waals surface area contributed by atoms with Crippen molar-refractivity contribution in [1.82, 2.24) is 19.4 Å². The van der Waals surface area contributed by atoms with E-state index in [1.165, 1.54) is 0 Å². The molecule has 2 aromatic heterocycles. The maximum absolute atomic E-state index is 11.3. The van der Waals surface area contributed by atoms with Crippen molar-refractivity contribution in [3.05, 3.63) is 41.7 Å². The van der Waals surface area contributed by atoms with Crippen LogP contribution < -0.4 is 5.32 Å². The summed E-state index contributed by atoms with van der Waals surface area (Å²) in [5.74, 6) is 1.17. The largest absolute Gasteiger partial charge is 0.353 e. The average molecular weight is 274 g/mol. The van der Waals surface area contributed by atoms with Gasteiger partial charge in [-0.3, -0.25) is 4.79 Å². The van der Waals surface area contributed by atoms with Crippen LogP contribution in [0.2, 0.25) is 0 Å². The summed E-state index contributed by atoms with van der Waals surface area (Å²) in [5, 5.41) is 3.41. The minimum Gasteiger partial charge on any atom is -0.353 e. The van der Waals surface area contributed by atoms with E-state index in [9.17, 15) is 4.79 Å². The topological polar surface area (TPSA) is 51.9 Å². The molecule has 2 heterocycles. The summed E-state index contributed by atoms with van der Waals surface area (Å²) in [4.78, 5) is 15.5. The first-order valence-corrected chi connectivity index (χ1v) is 6.92. The molecule has 0 radical (unpaired) electrons. The van der Waals surface area contributed by atoms with Gasteiger partial charge in [-0.15, -0.1) is 0 Å². The standard InChI is InChI=1S/C15H22N4O/c1-12(20)14-9-15(18(3)11-14)10-16-5-4-7-19-8-6-17-13(19)2/h6,8-9,11,16H,4-5,7,10H2,1-3H3. The van der Waals surface area contributed by atoms with E-state index in [0.29, 0.717) is 0 Å². The second-order valence-corrected chi connectivity index (χ2v) is 5.09. The van der Waals surface area contributed by atoms with E-state index < -0.39 is 0 Å². The summed E-state index contributed by atoms with van der Waals surface area (Å²) >= 11 is 0. The molecular weight excluding hydrogens is 252 g/mol. The number of aromatic nitrogens is 3. The SMILES string of the molecule is CC(=O)c1cc(CNCCCn2ccnc2C)n(C)c1. The van der Waals surface area contributed by atoms with E-state index in [0.717, 1.165) is 43.1 Å². The first-order chi connectivity index (χ1) is 9.58. The Balaban J connectivity index is 1.73. The van der Waals surface area contributed by atoms with Crippen molar-refractivity contribution < 1.29 is 4.79 Å². The highest BCUT2D eigenvalue weighted by molar-refractivity contribution is 5.94. The molecule has 5 heteroatoms. The van der Waals surface area contributed by atoms with Crippen LogP contribution in [0.3, 0.4) is 0 Å². The van der Waals surface area contributed by atoms with E-state index >= 15 is 0 Å². The third-order valence-electron chi connectivity index (χ3n) is 3.50. The fourth-order valence-corrected chi connectivity index (χ4v) is 2.21. The Morgan fingerprint density at radius 1 is 1.45 bits per heavy atom. The molecule has 0 fully saturated rings. The molecule has 1 N–H and O–H groups in total. The van der Waals surface area contributed by atoms with Crippen LogP contribution >= 0.6 is 0 Å². The second kappa shape index (κ2) is 6.52. The van der Waals surface area contributed by atoms with Gasteiger partial charge >= 0.3 is 0 Å². The van der Waals surface area contributed by atoms with E-state index in [-0.39, 0.29) is 5.78 Å². The minimum atomic E-state index is 0.113. The summed E-state index contributed by atoms with van der Waals surface area (Å²) < 4.78 is 4.15. The Kier molecular flexibility index (Phi) is 4.74. The molecule has 2 rings (SSSR count). The Labute approximate surface area is 119 Å². The summed E-state index contributed by atoms with van der Waals surface area (Å²) in [6, 6.07) is 1.95. The Hall–Kier alpha value is -1.88. The lowest BCUT2D eigenvalue weighted by atomic mass is 10.2. The van der Waals surface area contributed by atoms with E-state index in [4.69, 9.17) is 0 Å². The van der Waals surface area contributed by atoms with Gasteiger partial charge in [-0.05, 0) is 32.9 Å². The number of hydrogen-bond acceptors (Lipinski definition) is 3. The quantitative estimate of drug-likeness (QED) is 0.620. The molecule has 0 atom stereocenters. The zero-order chi connectivity index (χ0) is 14.5. The molecule has 0 amide bonds. The van der Waals surface area contributed by atoms with E-state index in [2.05, 4.69) is 14.9 Å². The van der Waals surface area contributed by atoms with Crippen molar-refractivity contribution in [2.75, 3.05) is 6.54 Å². The molecule has 5 nitrogen and oxygen atoms in total. The molecule has 0 spiro atoms. The van der Waals surface area contributed by atoms with Crippen molar-refractivity contribution in [1.29, 1.82) is 0 Å². The van der Waals surface area contributed by atoms with Crippen LogP contribution in [0, 0.1) is 6.92 Å². The van der Waals surface area contributed by atoms with Gasteiger partial charge in [0.2, 0.25) is 0 Å². The highest BCUT2D eigenvalue weighted by Gasteiger charge is 2.06. The van der Waals surface area contributed by atoms with Gasteiger partial charge in [-0.2, -0.15) is 0 Å². The van der Waals surface area contributed by atoms with Gasteiger partial charge in [-0.1, -0.05) is 0 Å². The summed E-state index contributed by atoms with van der Waals surface area (Å²) in [6.07, 6.45) is 6.77. The van der Waals surface area contributed by atoms with Crippen molar-refractivity contribution in [2.24, 2.45) is 7.05 Å². The molecule has 20 heavy (non-hydrogen) atoms. The number of nitrogens with zero attached hydrogens (tertiary/aromatic N) is 3. The van der Waals surface area contributed by atoms with Crippen molar-refractivity contribution in [3.63, 3.8) is 0 Å². The van der Waals surface area contributed by atoms with Crippen LogP contribution in [0.15, 0.2) is 24.7 Å². The number of carbonyl (C=O) groups is 1. The lowest BCUT2D eigenvalue weighted by Crippen LogP contribution is -2.18. The van der Waals surface area contributed by atoms with Crippen LogP contribution in [-0.2, 0) is 20.1 Å². The number of aryl methyl sites for hydroxylation is 3. The van der Waals surface area contributed by atoms with Gasteiger partial charge in [0.1, 0.15) is 5.82 Å². The number of ketones is 1. The molecule has 0 saturated heterocycles. The zero-order valence-electron chi connectivity index (χ0n) is 12.4. The molecule has 0 aliphatic carbocycles. The predicted molar refractivity (Wildman–Crippen MR) is 78.7 cm³/mol. The summed E-state index contributed by atoms with van der Waals surface area (Å²) in [6.45, 7) is 6.32. The number of imidazole rings is 1. The fraction of sp³-hybridized carbons (Fsp3) is 0.467. The number of Topliss-reactive ketones (excluding diaryl/α,β-unsaturated/α-hetero) is 1. The van der Waals surface area contributed by atoms with Gasteiger partial charge in [0, 0.05) is 50.0 Å². The third kappa shape index (κ3) is 3.57. The van der Waals surface area contributed by atoms with Gasteiger partial charge < -0.3 is 14.5 Å². The third-order valence-corrected chi connectivity index (χ3v) is 3.50. The molecule has 0 aliphatic heterocycles. The van der Waals surface area contributed by atoms with Gasteiger partial charge in [-0.25, -0.2) is 4.98 Å². The normalized spacial score (nSPS) is 10.9. The van der Waals surface area contributed by atoms with Crippen molar-refractivity contribution in [3.8, 4) is 0 Å².